The van der Waals surface area contributed by atoms with Gasteiger partial charge in [-0.05, 0) is 42.2 Å². The van der Waals surface area contributed by atoms with E-state index in [-0.39, 0.29) is 10.4 Å². The predicted octanol–water partition coefficient (Wildman–Crippen LogP) is 0.936. The number of fused-ring (bicyclic) bond motifs is 2. The van der Waals surface area contributed by atoms with Gasteiger partial charge in [0.25, 0.3) is 0 Å². The molecule has 0 radical (unpaired) electrons. The monoisotopic (exact) mass is 334 g/mol. The van der Waals surface area contributed by atoms with Crippen molar-refractivity contribution in [2.24, 2.45) is 0 Å². The smallest absolute Gasteiger partial charge is 0.243 e. The second-order valence-electron chi connectivity index (χ2n) is 5.44. The van der Waals surface area contributed by atoms with Gasteiger partial charge in [0.1, 0.15) is 22.1 Å². The molecule has 3 aromatic rings. The summed E-state index contributed by atoms with van der Waals surface area (Å²) in [5.41, 5.74) is 0.615. The van der Waals surface area contributed by atoms with Crippen LogP contribution in [0.25, 0.3) is 11.0 Å². The highest BCUT2D eigenvalue weighted by atomic mass is 32.2. The van der Waals surface area contributed by atoms with Crippen LogP contribution in [-0.4, -0.2) is 33.5 Å². The molecule has 4 rings (SSSR count). The number of nitrogens with one attached hydrogen (secondary N) is 1. The van der Waals surface area contributed by atoms with E-state index in [1.165, 1.54) is 6.07 Å². The molecule has 0 bridgehead atoms. The van der Waals surface area contributed by atoms with E-state index in [0.717, 1.165) is 13.0 Å². The van der Waals surface area contributed by atoms with E-state index in [9.17, 15) is 8.42 Å². The van der Waals surface area contributed by atoms with Crippen molar-refractivity contribution < 1.29 is 13.0 Å². The molecule has 2 aromatic heterocycles. The van der Waals surface area contributed by atoms with E-state index >= 15 is 0 Å². The van der Waals surface area contributed by atoms with Gasteiger partial charge in [-0.1, -0.05) is 6.07 Å². The Morgan fingerprint density at radius 2 is 2.22 bits per heavy atom. The van der Waals surface area contributed by atoms with E-state index in [0.29, 0.717) is 23.6 Å². The van der Waals surface area contributed by atoms with Crippen LogP contribution in [0.15, 0.2) is 27.7 Å². The fraction of sp³-hybridized carbons (Fsp3) is 0.385. The van der Waals surface area contributed by atoms with Crippen molar-refractivity contribution in [1.29, 1.82) is 0 Å². The fourth-order valence-electron chi connectivity index (χ4n) is 2.83. The summed E-state index contributed by atoms with van der Waals surface area (Å²) in [5, 5.41) is 11.6. The Morgan fingerprint density at radius 1 is 1.35 bits per heavy atom. The predicted molar refractivity (Wildman–Crippen MR) is 78.9 cm³/mol. The zero-order chi connectivity index (χ0) is 16.0. The van der Waals surface area contributed by atoms with E-state index in [2.05, 4.69) is 29.7 Å². The molecule has 3 heterocycles. The van der Waals surface area contributed by atoms with Crippen molar-refractivity contribution in [3.63, 3.8) is 0 Å². The van der Waals surface area contributed by atoms with E-state index in [1.54, 1.807) is 23.7 Å². The lowest BCUT2D eigenvalue weighted by atomic mass is 10.1. The van der Waals surface area contributed by atoms with Crippen molar-refractivity contribution in [2.45, 2.75) is 37.2 Å². The molecular formula is C13H14N6O3S. The fourth-order valence-corrected chi connectivity index (χ4v) is 4.21. The Labute approximate surface area is 131 Å². The normalized spacial score (nSPS) is 18.2. The topological polar surface area (TPSA) is 116 Å². The lowest BCUT2D eigenvalue weighted by molar-refractivity contribution is 0.315. The molecule has 0 spiro atoms. The molecule has 1 aliphatic rings. The second-order valence-corrected chi connectivity index (χ2v) is 7.13. The van der Waals surface area contributed by atoms with Gasteiger partial charge in [-0.25, -0.2) is 27.4 Å². The minimum absolute atomic E-state index is 0.0459. The third-order valence-corrected chi connectivity index (χ3v) is 5.32. The summed E-state index contributed by atoms with van der Waals surface area (Å²) in [5.74, 6) is 1.27. The van der Waals surface area contributed by atoms with Gasteiger partial charge in [-0.15, -0.1) is 0 Å². The molecule has 120 valence electrons. The Kier molecular flexibility index (Phi) is 3.16. The molecule has 1 aromatic carbocycles. The molecular weight excluding hydrogens is 320 g/mol. The van der Waals surface area contributed by atoms with Crippen LogP contribution >= 0.6 is 0 Å². The Hall–Kier alpha value is -2.33. The number of sulfonamides is 1. The molecule has 23 heavy (non-hydrogen) atoms. The number of hydrogen-bond acceptors (Lipinski definition) is 7. The first-order chi connectivity index (χ1) is 11.0. The second kappa shape index (κ2) is 5.10. The molecule has 1 aliphatic heterocycles. The molecule has 0 unspecified atom stereocenters. The first-order valence-corrected chi connectivity index (χ1v) is 8.68. The number of aromatic nitrogens is 5. The van der Waals surface area contributed by atoms with Gasteiger partial charge >= 0.3 is 0 Å². The molecule has 0 saturated carbocycles. The van der Waals surface area contributed by atoms with E-state index in [1.807, 2.05) is 0 Å². The maximum absolute atomic E-state index is 12.8. The third-order valence-electron chi connectivity index (χ3n) is 3.82. The lowest BCUT2D eigenvalue weighted by Crippen LogP contribution is -2.33. The van der Waals surface area contributed by atoms with Crippen LogP contribution in [0.4, 0.5) is 0 Å². The first-order valence-electron chi connectivity index (χ1n) is 7.19. The van der Waals surface area contributed by atoms with Gasteiger partial charge in [-0.3, -0.25) is 0 Å². The summed E-state index contributed by atoms with van der Waals surface area (Å²) in [6.45, 7) is 2.54. The van der Waals surface area contributed by atoms with Gasteiger partial charge in [-0.2, -0.15) is 5.10 Å². The number of hydrogen-bond donors (Lipinski definition) is 1. The van der Waals surface area contributed by atoms with Gasteiger partial charge in [0, 0.05) is 6.54 Å². The SMILES string of the molecule is Cc1nc2n(n1)CCC[C@H]2NS(=O)(=O)c1cccc2nonc12. The van der Waals surface area contributed by atoms with Gasteiger partial charge in [0.2, 0.25) is 10.0 Å². The van der Waals surface area contributed by atoms with Gasteiger partial charge in [0.05, 0.1) is 6.04 Å². The molecule has 0 saturated heterocycles. The summed E-state index contributed by atoms with van der Waals surface area (Å²) in [6, 6.07) is 4.32. The van der Waals surface area contributed by atoms with Crippen LogP contribution in [-0.2, 0) is 16.6 Å². The zero-order valence-electron chi connectivity index (χ0n) is 12.3. The third kappa shape index (κ3) is 2.39. The van der Waals surface area contributed by atoms with Crippen molar-refractivity contribution in [3.05, 3.63) is 29.8 Å². The van der Waals surface area contributed by atoms with Crippen LogP contribution in [0.1, 0.15) is 30.5 Å². The largest absolute Gasteiger partial charge is 0.248 e. The highest BCUT2D eigenvalue weighted by molar-refractivity contribution is 7.89. The maximum atomic E-state index is 12.8. The van der Waals surface area contributed by atoms with Gasteiger partial charge < -0.3 is 0 Å². The van der Waals surface area contributed by atoms with Crippen molar-refractivity contribution in [1.82, 2.24) is 29.8 Å². The number of rotatable bonds is 3. The molecule has 1 N–H and O–H groups in total. The molecule has 1 atom stereocenters. The van der Waals surface area contributed by atoms with Crippen LogP contribution in [0.2, 0.25) is 0 Å². The Bertz CT molecular complexity index is 977. The quantitative estimate of drug-likeness (QED) is 0.757. The van der Waals surface area contributed by atoms with Crippen LogP contribution in [0, 0.1) is 6.92 Å². The van der Waals surface area contributed by atoms with Crippen LogP contribution in [0.5, 0.6) is 0 Å². The van der Waals surface area contributed by atoms with Crippen molar-refractivity contribution >= 4 is 21.1 Å². The Balaban J connectivity index is 1.72. The maximum Gasteiger partial charge on any atom is 0.243 e. The van der Waals surface area contributed by atoms with Crippen LogP contribution < -0.4 is 4.72 Å². The van der Waals surface area contributed by atoms with Crippen molar-refractivity contribution in [3.8, 4) is 0 Å². The highest BCUT2D eigenvalue weighted by Gasteiger charge is 2.30. The van der Waals surface area contributed by atoms with Crippen molar-refractivity contribution in [2.75, 3.05) is 0 Å². The number of aryl methyl sites for hydroxylation is 2. The molecule has 0 amide bonds. The molecule has 0 aliphatic carbocycles. The zero-order valence-corrected chi connectivity index (χ0v) is 13.1. The summed E-state index contributed by atoms with van der Waals surface area (Å²) >= 11 is 0. The lowest BCUT2D eigenvalue weighted by Gasteiger charge is -2.22. The molecule has 0 fully saturated rings. The number of nitrogens with zero attached hydrogens (tertiary/aromatic N) is 5. The summed E-state index contributed by atoms with van der Waals surface area (Å²) in [6.07, 6.45) is 1.50. The average Bonchev–Trinajstić information content (AvgIpc) is 3.12. The highest BCUT2D eigenvalue weighted by Crippen LogP contribution is 2.27. The Morgan fingerprint density at radius 3 is 3.09 bits per heavy atom. The summed E-state index contributed by atoms with van der Waals surface area (Å²) < 4.78 is 34.6. The standard InChI is InChI=1S/C13H14N6O3S/c1-8-14-13-10(5-3-7-19(13)15-8)18-23(20,21)11-6-2-4-9-12(11)17-22-16-9/h2,4,6,10,18H,3,5,7H2,1H3/t10-/m1/s1. The molecule has 10 heteroatoms. The average molecular weight is 334 g/mol. The number of benzene rings is 1. The molecule has 9 nitrogen and oxygen atoms in total. The summed E-state index contributed by atoms with van der Waals surface area (Å²) in [7, 11) is -3.78. The van der Waals surface area contributed by atoms with E-state index in [4.69, 9.17) is 0 Å². The van der Waals surface area contributed by atoms with E-state index < -0.39 is 16.1 Å². The van der Waals surface area contributed by atoms with Gasteiger partial charge in [0.15, 0.2) is 5.52 Å². The summed E-state index contributed by atoms with van der Waals surface area (Å²) in [4.78, 5) is 4.39. The first kappa shape index (κ1) is 14.3. The minimum atomic E-state index is -3.78. The van der Waals surface area contributed by atoms with Crippen LogP contribution in [0.3, 0.4) is 0 Å². The minimum Gasteiger partial charge on any atom is -0.248 e.